The van der Waals surface area contributed by atoms with E-state index in [2.05, 4.69) is 17.0 Å². The summed E-state index contributed by atoms with van der Waals surface area (Å²) in [5.74, 6) is 1.12. The third-order valence-electron chi connectivity index (χ3n) is 4.09. The number of carbonyl (C=O) groups is 1. The quantitative estimate of drug-likeness (QED) is 0.857. The molecular formula is C14H23N3O2. The fourth-order valence-electron chi connectivity index (χ4n) is 3.16. The summed E-state index contributed by atoms with van der Waals surface area (Å²) in [4.78, 5) is 15.7. The lowest BCUT2D eigenvalue weighted by Crippen LogP contribution is -2.25. The van der Waals surface area contributed by atoms with Crippen molar-refractivity contribution in [3.63, 3.8) is 0 Å². The summed E-state index contributed by atoms with van der Waals surface area (Å²) in [5, 5.41) is 13.5. The van der Waals surface area contributed by atoms with E-state index in [0.717, 1.165) is 56.6 Å². The van der Waals surface area contributed by atoms with Gasteiger partial charge in [-0.05, 0) is 24.7 Å². The molecule has 2 rings (SSSR count). The van der Waals surface area contributed by atoms with Crippen LogP contribution in [0, 0.1) is 5.41 Å². The second-order valence-corrected chi connectivity index (χ2v) is 5.77. The van der Waals surface area contributed by atoms with Crippen molar-refractivity contribution in [3.05, 3.63) is 11.6 Å². The first-order valence-electron chi connectivity index (χ1n) is 7.15. The molecule has 0 spiro atoms. The number of aliphatic carboxylic acids is 1. The molecule has 1 aromatic heterocycles. The molecule has 0 saturated heterocycles. The fraction of sp³-hybridized carbons (Fsp3) is 0.786. The van der Waals surface area contributed by atoms with E-state index >= 15 is 0 Å². The number of hydrogen-bond donors (Lipinski definition) is 1. The summed E-state index contributed by atoms with van der Waals surface area (Å²) in [5.41, 5.74) is -0.101. The zero-order chi connectivity index (χ0) is 13.9. The smallest absolute Gasteiger partial charge is 0.303 e. The molecule has 0 bridgehead atoms. The van der Waals surface area contributed by atoms with E-state index in [9.17, 15) is 4.79 Å². The molecule has 1 fully saturated rings. The minimum Gasteiger partial charge on any atom is -0.481 e. The molecule has 1 aliphatic carbocycles. The van der Waals surface area contributed by atoms with Crippen LogP contribution in [0.25, 0.3) is 0 Å². The average Bonchev–Trinajstić information content (AvgIpc) is 2.88. The number of hydrogen-bond acceptors (Lipinski definition) is 3. The van der Waals surface area contributed by atoms with Crippen molar-refractivity contribution in [2.24, 2.45) is 12.5 Å². The summed E-state index contributed by atoms with van der Waals surface area (Å²) in [6.45, 7) is 2.11. The van der Waals surface area contributed by atoms with Crippen LogP contribution in [-0.2, 0) is 24.7 Å². The SMILES string of the molecule is CCCc1nc(CC2(CC(=O)O)CCCC2)n(C)n1. The van der Waals surface area contributed by atoms with Crippen LogP contribution in [0.5, 0.6) is 0 Å². The van der Waals surface area contributed by atoms with Gasteiger partial charge in [0, 0.05) is 19.9 Å². The van der Waals surface area contributed by atoms with Gasteiger partial charge in [0.15, 0.2) is 5.82 Å². The van der Waals surface area contributed by atoms with E-state index in [1.807, 2.05) is 11.7 Å². The highest BCUT2D eigenvalue weighted by atomic mass is 16.4. The van der Waals surface area contributed by atoms with Crippen molar-refractivity contribution >= 4 is 5.97 Å². The van der Waals surface area contributed by atoms with Crippen molar-refractivity contribution in [3.8, 4) is 0 Å². The number of carboxylic acids is 1. The van der Waals surface area contributed by atoms with Crippen molar-refractivity contribution < 1.29 is 9.90 Å². The number of aromatic nitrogens is 3. The molecule has 5 heteroatoms. The first-order valence-corrected chi connectivity index (χ1v) is 7.15. The molecule has 106 valence electrons. The summed E-state index contributed by atoms with van der Waals surface area (Å²) < 4.78 is 1.83. The predicted octanol–water partition coefficient (Wildman–Crippen LogP) is 2.35. The molecule has 0 unspecified atom stereocenters. The Balaban J connectivity index is 2.14. The van der Waals surface area contributed by atoms with E-state index < -0.39 is 5.97 Å². The van der Waals surface area contributed by atoms with Crippen LogP contribution in [0.3, 0.4) is 0 Å². The molecule has 1 N–H and O–H groups in total. The zero-order valence-corrected chi connectivity index (χ0v) is 11.9. The standard InChI is InChI=1S/C14H23N3O2/c1-3-6-11-15-12(17(2)16-11)9-14(10-13(18)19)7-4-5-8-14/h3-10H2,1-2H3,(H,18,19). The Morgan fingerprint density at radius 3 is 2.68 bits per heavy atom. The van der Waals surface area contributed by atoms with Gasteiger partial charge >= 0.3 is 5.97 Å². The highest BCUT2D eigenvalue weighted by molar-refractivity contribution is 5.67. The lowest BCUT2D eigenvalue weighted by Gasteiger charge is -2.26. The maximum Gasteiger partial charge on any atom is 0.303 e. The predicted molar refractivity (Wildman–Crippen MR) is 71.9 cm³/mol. The maximum atomic E-state index is 11.1. The molecule has 0 aliphatic heterocycles. The van der Waals surface area contributed by atoms with Crippen LogP contribution in [0.1, 0.15) is 57.1 Å². The van der Waals surface area contributed by atoms with E-state index in [0.29, 0.717) is 0 Å². The van der Waals surface area contributed by atoms with E-state index in [-0.39, 0.29) is 11.8 Å². The lowest BCUT2D eigenvalue weighted by atomic mass is 9.79. The van der Waals surface area contributed by atoms with Gasteiger partial charge in [0.25, 0.3) is 0 Å². The van der Waals surface area contributed by atoms with Gasteiger partial charge in [-0.2, -0.15) is 5.10 Å². The summed E-state index contributed by atoms with van der Waals surface area (Å²) in [7, 11) is 1.91. The van der Waals surface area contributed by atoms with E-state index in [1.165, 1.54) is 0 Å². The normalized spacial score (nSPS) is 17.8. The number of rotatable bonds is 6. The molecule has 1 heterocycles. The summed E-state index contributed by atoms with van der Waals surface area (Å²) >= 11 is 0. The Morgan fingerprint density at radius 1 is 1.42 bits per heavy atom. The lowest BCUT2D eigenvalue weighted by molar-refractivity contribution is -0.139. The van der Waals surface area contributed by atoms with Crippen LogP contribution in [-0.4, -0.2) is 25.8 Å². The van der Waals surface area contributed by atoms with Crippen molar-refractivity contribution in [2.45, 2.75) is 58.3 Å². The van der Waals surface area contributed by atoms with Gasteiger partial charge in [0.05, 0.1) is 6.42 Å². The Hall–Kier alpha value is -1.39. The van der Waals surface area contributed by atoms with Gasteiger partial charge in [-0.1, -0.05) is 19.8 Å². The number of nitrogens with zero attached hydrogens (tertiary/aromatic N) is 3. The Bertz CT molecular complexity index is 448. The van der Waals surface area contributed by atoms with Gasteiger partial charge in [0.1, 0.15) is 5.82 Å². The average molecular weight is 265 g/mol. The largest absolute Gasteiger partial charge is 0.481 e. The molecular weight excluding hydrogens is 242 g/mol. The minimum atomic E-state index is -0.696. The fourth-order valence-corrected chi connectivity index (χ4v) is 3.16. The Morgan fingerprint density at radius 2 is 2.11 bits per heavy atom. The van der Waals surface area contributed by atoms with Gasteiger partial charge in [-0.3, -0.25) is 9.48 Å². The highest BCUT2D eigenvalue weighted by Crippen LogP contribution is 2.43. The Labute approximate surface area is 114 Å². The maximum absolute atomic E-state index is 11.1. The monoisotopic (exact) mass is 265 g/mol. The third kappa shape index (κ3) is 3.33. The van der Waals surface area contributed by atoms with Gasteiger partial charge in [-0.15, -0.1) is 0 Å². The van der Waals surface area contributed by atoms with Crippen molar-refractivity contribution in [2.75, 3.05) is 0 Å². The number of carboxylic acid groups (broad SMARTS) is 1. The van der Waals surface area contributed by atoms with E-state index in [1.54, 1.807) is 0 Å². The first kappa shape index (κ1) is 14.0. The van der Waals surface area contributed by atoms with Crippen LogP contribution in [0.15, 0.2) is 0 Å². The topological polar surface area (TPSA) is 68.0 Å². The van der Waals surface area contributed by atoms with E-state index in [4.69, 9.17) is 5.11 Å². The van der Waals surface area contributed by atoms with Crippen LogP contribution >= 0.6 is 0 Å². The second kappa shape index (κ2) is 5.72. The Kier molecular flexibility index (Phi) is 4.22. The van der Waals surface area contributed by atoms with Gasteiger partial charge in [-0.25, -0.2) is 4.98 Å². The molecule has 5 nitrogen and oxygen atoms in total. The molecule has 1 aromatic rings. The highest BCUT2D eigenvalue weighted by Gasteiger charge is 2.37. The molecule has 1 aliphatic rings. The molecule has 0 aromatic carbocycles. The molecule has 1 saturated carbocycles. The molecule has 0 atom stereocenters. The second-order valence-electron chi connectivity index (χ2n) is 5.77. The van der Waals surface area contributed by atoms with Crippen molar-refractivity contribution in [1.82, 2.24) is 14.8 Å². The van der Waals surface area contributed by atoms with Gasteiger partial charge in [0.2, 0.25) is 0 Å². The third-order valence-corrected chi connectivity index (χ3v) is 4.09. The van der Waals surface area contributed by atoms with Crippen LogP contribution in [0.2, 0.25) is 0 Å². The zero-order valence-electron chi connectivity index (χ0n) is 11.9. The number of aryl methyl sites for hydroxylation is 2. The van der Waals surface area contributed by atoms with Crippen LogP contribution in [0.4, 0.5) is 0 Å². The van der Waals surface area contributed by atoms with Crippen LogP contribution < -0.4 is 0 Å². The molecule has 0 radical (unpaired) electrons. The molecule has 19 heavy (non-hydrogen) atoms. The van der Waals surface area contributed by atoms with Crippen molar-refractivity contribution in [1.29, 1.82) is 0 Å². The van der Waals surface area contributed by atoms with Gasteiger partial charge < -0.3 is 5.11 Å². The molecule has 0 amide bonds. The minimum absolute atomic E-state index is 0.101. The summed E-state index contributed by atoms with van der Waals surface area (Å²) in [6, 6.07) is 0. The summed E-state index contributed by atoms with van der Waals surface area (Å²) in [6.07, 6.45) is 7.17. The first-order chi connectivity index (χ1) is 9.04.